The lowest BCUT2D eigenvalue weighted by Crippen LogP contribution is -2.30. The van der Waals surface area contributed by atoms with Crippen LogP contribution in [0.3, 0.4) is 0 Å². The lowest BCUT2D eigenvalue weighted by atomic mass is 9.87. The molecule has 30 heavy (non-hydrogen) atoms. The molecule has 0 bridgehead atoms. The van der Waals surface area contributed by atoms with Crippen molar-refractivity contribution in [3.63, 3.8) is 0 Å². The molecule has 158 valence electrons. The number of allylic oxidation sites excluding steroid dienone is 1. The lowest BCUT2D eigenvalue weighted by molar-refractivity contribution is -0.115. The minimum Gasteiger partial charge on any atom is -0.396 e. The summed E-state index contributed by atoms with van der Waals surface area (Å²) in [6.07, 6.45) is 10.8. The van der Waals surface area contributed by atoms with Gasteiger partial charge in [-0.2, -0.15) is 9.61 Å². The predicted octanol–water partition coefficient (Wildman–Crippen LogP) is 2.69. The zero-order valence-electron chi connectivity index (χ0n) is 17.1. The van der Waals surface area contributed by atoms with Gasteiger partial charge in [0.1, 0.15) is 11.6 Å². The smallest absolute Gasteiger partial charge is 0.251 e. The molecule has 0 radical (unpaired) electrons. The van der Waals surface area contributed by atoms with Crippen molar-refractivity contribution >= 4 is 29.3 Å². The molecule has 0 atom stereocenters. The second-order valence-electron chi connectivity index (χ2n) is 8.90. The van der Waals surface area contributed by atoms with Crippen molar-refractivity contribution in [2.45, 2.75) is 51.0 Å². The summed E-state index contributed by atoms with van der Waals surface area (Å²) >= 11 is 0. The van der Waals surface area contributed by atoms with Gasteiger partial charge in [0.05, 0.1) is 12.8 Å². The number of anilines is 2. The fourth-order valence-electron chi connectivity index (χ4n) is 4.41. The number of carbonyl (C=O) groups excluding carboxylic acids is 1. The van der Waals surface area contributed by atoms with E-state index in [4.69, 9.17) is 4.98 Å². The zero-order chi connectivity index (χ0) is 20.7. The standard InChI is InChI=1S/C22H28N6O2/c1-14-8-15(21(30)25-14)9-16-11-24-28-19(26-17-4-5-17)10-18(27-20(16)28)23-12-22(13-29)6-2-3-7-22/h9-11,17,26,29H,1-8,12-13H2,(H,23,27)(H,25,30)/b15-9+. The molecule has 3 fully saturated rings. The van der Waals surface area contributed by atoms with Crippen molar-refractivity contribution in [2.24, 2.45) is 5.41 Å². The second kappa shape index (κ2) is 7.43. The maximum Gasteiger partial charge on any atom is 0.251 e. The molecule has 2 aromatic heterocycles. The highest BCUT2D eigenvalue weighted by atomic mass is 16.3. The van der Waals surface area contributed by atoms with Gasteiger partial charge in [0, 0.05) is 47.3 Å². The summed E-state index contributed by atoms with van der Waals surface area (Å²) < 4.78 is 1.80. The van der Waals surface area contributed by atoms with E-state index < -0.39 is 0 Å². The number of hydrogen-bond donors (Lipinski definition) is 4. The first kappa shape index (κ1) is 19.1. The first-order valence-electron chi connectivity index (χ1n) is 10.7. The highest BCUT2D eigenvalue weighted by Gasteiger charge is 2.33. The summed E-state index contributed by atoms with van der Waals surface area (Å²) in [4.78, 5) is 16.9. The first-order valence-corrected chi connectivity index (χ1v) is 10.7. The molecule has 2 aliphatic carbocycles. The third kappa shape index (κ3) is 3.67. The molecule has 1 amide bonds. The molecule has 8 nitrogen and oxygen atoms in total. The van der Waals surface area contributed by atoms with Crippen molar-refractivity contribution in [1.82, 2.24) is 19.9 Å². The van der Waals surface area contributed by atoms with Gasteiger partial charge in [-0.25, -0.2) is 4.98 Å². The van der Waals surface area contributed by atoms with Crippen LogP contribution in [0.2, 0.25) is 0 Å². The average Bonchev–Trinajstić information content (AvgIpc) is 3.12. The molecule has 3 aliphatic rings. The number of hydrogen-bond acceptors (Lipinski definition) is 6. The molecule has 1 saturated heterocycles. The third-order valence-corrected chi connectivity index (χ3v) is 6.39. The largest absolute Gasteiger partial charge is 0.396 e. The molecule has 4 N–H and O–H groups in total. The normalized spacial score (nSPS) is 22.1. The van der Waals surface area contributed by atoms with Gasteiger partial charge in [0.15, 0.2) is 5.65 Å². The van der Waals surface area contributed by atoms with Gasteiger partial charge in [0.2, 0.25) is 0 Å². The topological polar surface area (TPSA) is 104 Å². The zero-order valence-corrected chi connectivity index (χ0v) is 17.1. The highest BCUT2D eigenvalue weighted by Crippen LogP contribution is 2.38. The minimum absolute atomic E-state index is 0.0642. The number of aliphatic hydroxyl groups excluding tert-OH is 1. The van der Waals surface area contributed by atoms with Gasteiger partial charge in [-0.3, -0.25) is 4.79 Å². The van der Waals surface area contributed by atoms with Crippen molar-refractivity contribution in [1.29, 1.82) is 0 Å². The fraction of sp³-hybridized carbons (Fsp3) is 0.500. The Hall–Kier alpha value is -2.87. The van der Waals surface area contributed by atoms with E-state index in [1.807, 2.05) is 12.1 Å². The Morgan fingerprint density at radius 1 is 1.37 bits per heavy atom. The van der Waals surface area contributed by atoms with Crippen LogP contribution in [0.25, 0.3) is 11.7 Å². The van der Waals surface area contributed by atoms with Crippen LogP contribution in [-0.4, -0.2) is 44.8 Å². The molecular weight excluding hydrogens is 380 g/mol. The van der Waals surface area contributed by atoms with Gasteiger partial charge in [-0.15, -0.1) is 0 Å². The van der Waals surface area contributed by atoms with E-state index in [0.717, 1.165) is 55.7 Å². The SMILES string of the molecule is C=C1C/C(=C\c2cnn3c(NC4CC4)cc(NCC4(CO)CCCC4)nc23)C(=O)N1. The number of aromatic nitrogens is 3. The van der Waals surface area contributed by atoms with Crippen molar-refractivity contribution in [3.8, 4) is 0 Å². The molecule has 3 heterocycles. The second-order valence-corrected chi connectivity index (χ2v) is 8.90. The Labute approximate surface area is 175 Å². The quantitative estimate of drug-likeness (QED) is 0.525. The Balaban J connectivity index is 1.48. The maximum atomic E-state index is 12.1. The lowest BCUT2D eigenvalue weighted by Gasteiger charge is -2.27. The van der Waals surface area contributed by atoms with Crippen LogP contribution in [0.1, 0.15) is 50.5 Å². The molecule has 0 unspecified atom stereocenters. The van der Waals surface area contributed by atoms with E-state index in [1.54, 1.807) is 10.7 Å². The van der Waals surface area contributed by atoms with Gasteiger partial charge in [-0.1, -0.05) is 19.4 Å². The van der Waals surface area contributed by atoms with Crippen LogP contribution in [0.5, 0.6) is 0 Å². The molecular formula is C22H28N6O2. The summed E-state index contributed by atoms with van der Waals surface area (Å²) in [7, 11) is 0. The van der Waals surface area contributed by atoms with Crippen LogP contribution in [0.4, 0.5) is 11.6 Å². The Kier molecular flexibility index (Phi) is 4.73. The minimum atomic E-state index is -0.115. The van der Waals surface area contributed by atoms with Gasteiger partial charge >= 0.3 is 0 Å². The molecule has 1 aliphatic heterocycles. The van der Waals surface area contributed by atoms with Gasteiger partial charge in [-0.05, 0) is 31.8 Å². The summed E-state index contributed by atoms with van der Waals surface area (Å²) in [5.74, 6) is 1.53. The molecule has 0 aromatic carbocycles. The predicted molar refractivity (Wildman–Crippen MR) is 116 cm³/mol. The van der Waals surface area contributed by atoms with E-state index in [1.165, 1.54) is 0 Å². The highest BCUT2D eigenvalue weighted by molar-refractivity contribution is 6.02. The Morgan fingerprint density at radius 3 is 2.83 bits per heavy atom. The number of rotatable bonds is 7. The van der Waals surface area contributed by atoms with Gasteiger partial charge in [0.25, 0.3) is 5.91 Å². The fourth-order valence-corrected chi connectivity index (χ4v) is 4.41. The average molecular weight is 409 g/mol. The molecule has 5 rings (SSSR count). The van der Waals surface area contributed by atoms with Crippen LogP contribution in [-0.2, 0) is 4.79 Å². The van der Waals surface area contributed by atoms with Crippen molar-refractivity contribution in [3.05, 3.63) is 35.7 Å². The van der Waals surface area contributed by atoms with E-state index >= 15 is 0 Å². The molecule has 8 heteroatoms. The number of carbonyl (C=O) groups is 1. The van der Waals surface area contributed by atoms with E-state index in [-0.39, 0.29) is 17.9 Å². The van der Waals surface area contributed by atoms with Crippen molar-refractivity contribution < 1.29 is 9.90 Å². The summed E-state index contributed by atoms with van der Waals surface area (Å²) in [5, 5.41) is 24.2. The van der Waals surface area contributed by atoms with E-state index in [9.17, 15) is 9.90 Å². The Morgan fingerprint density at radius 2 is 2.17 bits per heavy atom. The molecule has 0 spiro atoms. The maximum absolute atomic E-state index is 12.1. The first-order chi connectivity index (χ1) is 14.5. The molecule has 2 saturated carbocycles. The number of amides is 1. The van der Waals surface area contributed by atoms with E-state index in [0.29, 0.717) is 35.9 Å². The number of nitrogens with zero attached hydrogens (tertiary/aromatic N) is 3. The number of fused-ring (bicyclic) bond motifs is 1. The van der Waals surface area contributed by atoms with Crippen LogP contribution in [0, 0.1) is 5.41 Å². The number of aliphatic hydroxyl groups is 1. The van der Waals surface area contributed by atoms with Crippen LogP contribution >= 0.6 is 0 Å². The monoisotopic (exact) mass is 408 g/mol. The van der Waals surface area contributed by atoms with Crippen LogP contribution < -0.4 is 16.0 Å². The van der Waals surface area contributed by atoms with Crippen molar-refractivity contribution in [2.75, 3.05) is 23.8 Å². The summed E-state index contributed by atoms with van der Waals surface area (Å²) in [5.41, 5.74) is 2.81. The third-order valence-electron chi connectivity index (χ3n) is 6.39. The Bertz CT molecular complexity index is 1030. The summed E-state index contributed by atoms with van der Waals surface area (Å²) in [6, 6.07) is 2.45. The number of nitrogens with one attached hydrogen (secondary N) is 3. The van der Waals surface area contributed by atoms with Crippen LogP contribution in [0.15, 0.2) is 30.1 Å². The van der Waals surface area contributed by atoms with Gasteiger partial charge < -0.3 is 21.1 Å². The summed E-state index contributed by atoms with van der Waals surface area (Å²) in [6.45, 7) is 4.73. The molecule has 2 aromatic rings. The van der Waals surface area contributed by atoms with E-state index in [2.05, 4.69) is 27.6 Å².